The molecule has 68 valence electrons. The molecular weight excluding hydrogens is 160 g/mol. The first kappa shape index (κ1) is 9.81. The van der Waals surface area contributed by atoms with Crippen molar-refractivity contribution in [3.05, 3.63) is 11.6 Å². The van der Waals surface area contributed by atoms with E-state index in [1.54, 1.807) is 0 Å². The Morgan fingerprint density at radius 3 is 2.46 bits per heavy atom. The van der Waals surface area contributed by atoms with E-state index < -0.39 is 5.41 Å². The molecular formula is C11H14N2. The lowest BCUT2D eigenvalue weighted by atomic mass is 9.76. The van der Waals surface area contributed by atoms with E-state index in [2.05, 4.69) is 18.2 Å². The van der Waals surface area contributed by atoms with Gasteiger partial charge < -0.3 is 0 Å². The van der Waals surface area contributed by atoms with Gasteiger partial charge in [-0.25, -0.2) is 0 Å². The van der Waals surface area contributed by atoms with E-state index in [-0.39, 0.29) is 0 Å². The van der Waals surface area contributed by atoms with Gasteiger partial charge in [-0.05, 0) is 37.7 Å². The van der Waals surface area contributed by atoms with E-state index in [0.29, 0.717) is 6.42 Å². The summed E-state index contributed by atoms with van der Waals surface area (Å²) in [7, 11) is 0. The van der Waals surface area contributed by atoms with Crippen molar-refractivity contribution in [2.75, 3.05) is 0 Å². The Hall–Kier alpha value is -1.28. The maximum Gasteiger partial charge on any atom is 0.164 e. The third kappa shape index (κ3) is 1.73. The Balaban J connectivity index is 2.95. The molecule has 0 unspecified atom stereocenters. The zero-order valence-electron chi connectivity index (χ0n) is 8.01. The summed E-state index contributed by atoms with van der Waals surface area (Å²) in [5.41, 5.74) is 0.215. The minimum atomic E-state index is -0.833. The van der Waals surface area contributed by atoms with Crippen LogP contribution in [0.15, 0.2) is 11.6 Å². The maximum atomic E-state index is 9.02. The van der Waals surface area contributed by atoms with Crippen molar-refractivity contribution in [3.63, 3.8) is 0 Å². The van der Waals surface area contributed by atoms with Gasteiger partial charge in [0, 0.05) is 0 Å². The van der Waals surface area contributed by atoms with Crippen LogP contribution in [-0.2, 0) is 0 Å². The van der Waals surface area contributed by atoms with Crippen molar-refractivity contribution >= 4 is 0 Å². The molecule has 0 saturated carbocycles. The molecule has 2 heteroatoms. The molecule has 0 amide bonds. The summed E-state index contributed by atoms with van der Waals surface area (Å²) in [6.07, 6.45) is 6.96. The zero-order chi connectivity index (χ0) is 9.73. The molecule has 0 N–H and O–H groups in total. The molecule has 0 aromatic rings. The lowest BCUT2D eigenvalue weighted by Crippen LogP contribution is -2.19. The standard InChI is InChI=1S/C11H14N2/c1-2-11(8-12,9-13)10-6-4-3-5-7-10/h6H,2-5,7H2,1H3. The van der Waals surface area contributed by atoms with Crippen molar-refractivity contribution < 1.29 is 0 Å². The number of nitriles is 2. The Bertz CT molecular complexity index is 274. The number of allylic oxidation sites excluding steroid dienone is 2. The van der Waals surface area contributed by atoms with Crippen LogP contribution in [0.4, 0.5) is 0 Å². The highest BCUT2D eigenvalue weighted by atomic mass is 14.4. The van der Waals surface area contributed by atoms with Gasteiger partial charge in [0.25, 0.3) is 0 Å². The molecule has 2 nitrogen and oxygen atoms in total. The van der Waals surface area contributed by atoms with Crippen molar-refractivity contribution in [1.29, 1.82) is 10.5 Å². The minimum absolute atomic E-state index is 0.603. The van der Waals surface area contributed by atoms with Crippen LogP contribution >= 0.6 is 0 Å². The second kappa shape index (κ2) is 4.10. The van der Waals surface area contributed by atoms with Crippen LogP contribution in [0.2, 0.25) is 0 Å². The average Bonchev–Trinajstić information content (AvgIpc) is 2.23. The van der Waals surface area contributed by atoms with Crippen LogP contribution in [0, 0.1) is 28.1 Å². The van der Waals surface area contributed by atoms with Crippen LogP contribution < -0.4 is 0 Å². The maximum absolute atomic E-state index is 9.02. The van der Waals surface area contributed by atoms with Gasteiger partial charge >= 0.3 is 0 Å². The molecule has 0 radical (unpaired) electrons. The first-order valence-electron chi connectivity index (χ1n) is 4.81. The largest absolute Gasteiger partial charge is 0.196 e. The second-order valence-corrected chi connectivity index (χ2v) is 3.46. The van der Waals surface area contributed by atoms with Gasteiger partial charge in [0.1, 0.15) is 0 Å². The fraction of sp³-hybridized carbons (Fsp3) is 0.636. The Morgan fingerprint density at radius 2 is 2.08 bits per heavy atom. The highest BCUT2D eigenvalue weighted by molar-refractivity contribution is 5.33. The smallest absolute Gasteiger partial charge is 0.164 e. The molecule has 0 aliphatic heterocycles. The predicted molar refractivity (Wildman–Crippen MR) is 50.5 cm³/mol. The molecule has 0 aromatic carbocycles. The molecule has 1 rings (SSSR count). The van der Waals surface area contributed by atoms with Crippen LogP contribution in [0.25, 0.3) is 0 Å². The van der Waals surface area contributed by atoms with Crippen LogP contribution in [-0.4, -0.2) is 0 Å². The van der Waals surface area contributed by atoms with Gasteiger partial charge in [-0.15, -0.1) is 0 Å². The van der Waals surface area contributed by atoms with Crippen molar-refractivity contribution in [2.45, 2.75) is 39.0 Å². The van der Waals surface area contributed by atoms with E-state index >= 15 is 0 Å². The first-order valence-corrected chi connectivity index (χ1v) is 4.81. The monoisotopic (exact) mass is 174 g/mol. The molecule has 0 heterocycles. The van der Waals surface area contributed by atoms with Gasteiger partial charge in [0.2, 0.25) is 0 Å². The Morgan fingerprint density at radius 1 is 1.38 bits per heavy atom. The Labute approximate surface area is 79.5 Å². The number of nitrogens with zero attached hydrogens (tertiary/aromatic N) is 2. The highest BCUT2D eigenvalue weighted by Crippen LogP contribution is 2.36. The summed E-state index contributed by atoms with van der Waals surface area (Å²) in [5, 5.41) is 18.0. The molecule has 0 spiro atoms. The van der Waals surface area contributed by atoms with Crippen molar-refractivity contribution in [2.24, 2.45) is 5.41 Å². The lowest BCUT2D eigenvalue weighted by molar-refractivity contribution is 0.531. The molecule has 0 atom stereocenters. The fourth-order valence-electron chi connectivity index (χ4n) is 1.78. The average molecular weight is 174 g/mol. The third-order valence-electron chi connectivity index (χ3n) is 2.75. The minimum Gasteiger partial charge on any atom is -0.196 e. The molecule has 1 aliphatic carbocycles. The van der Waals surface area contributed by atoms with Crippen LogP contribution in [0.5, 0.6) is 0 Å². The second-order valence-electron chi connectivity index (χ2n) is 3.46. The van der Waals surface area contributed by atoms with Crippen molar-refractivity contribution in [1.82, 2.24) is 0 Å². The van der Waals surface area contributed by atoms with Crippen molar-refractivity contribution in [3.8, 4) is 12.1 Å². The lowest BCUT2D eigenvalue weighted by Gasteiger charge is -2.23. The van der Waals surface area contributed by atoms with Gasteiger partial charge in [-0.1, -0.05) is 13.0 Å². The summed E-state index contributed by atoms with van der Waals surface area (Å²) >= 11 is 0. The summed E-state index contributed by atoms with van der Waals surface area (Å²) in [4.78, 5) is 0. The van der Waals surface area contributed by atoms with E-state index in [0.717, 1.165) is 24.8 Å². The summed E-state index contributed by atoms with van der Waals surface area (Å²) in [5.74, 6) is 0. The predicted octanol–water partition coefficient (Wildman–Crippen LogP) is 2.93. The summed E-state index contributed by atoms with van der Waals surface area (Å²) in [6, 6.07) is 4.31. The van der Waals surface area contributed by atoms with Gasteiger partial charge in [-0.3, -0.25) is 0 Å². The number of hydrogen-bond acceptors (Lipinski definition) is 2. The third-order valence-corrected chi connectivity index (χ3v) is 2.75. The normalized spacial score (nSPS) is 17.0. The van der Waals surface area contributed by atoms with Crippen LogP contribution in [0.3, 0.4) is 0 Å². The molecule has 1 aliphatic rings. The van der Waals surface area contributed by atoms with E-state index in [1.165, 1.54) is 6.42 Å². The van der Waals surface area contributed by atoms with Crippen LogP contribution in [0.1, 0.15) is 39.0 Å². The molecule has 0 fully saturated rings. The first-order chi connectivity index (χ1) is 6.29. The Kier molecular flexibility index (Phi) is 3.09. The number of hydrogen-bond donors (Lipinski definition) is 0. The van der Waals surface area contributed by atoms with E-state index in [4.69, 9.17) is 10.5 Å². The van der Waals surface area contributed by atoms with E-state index in [9.17, 15) is 0 Å². The quantitative estimate of drug-likeness (QED) is 0.604. The zero-order valence-corrected chi connectivity index (χ0v) is 8.01. The van der Waals surface area contributed by atoms with Gasteiger partial charge in [-0.2, -0.15) is 10.5 Å². The topological polar surface area (TPSA) is 47.6 Å². The molecule has 0 aromatic heterocycles. The summed E-state index contributed by atoms with van der Waals surface area (Å²) < 4.78 is 0. The molecule has 0 bridgehead atoms. The molecule has 0 saturated heterocycles. The number of rotatable bonds is 2. The SMILES string of the molecule is CCC(C#N)(C#N)C1=CCCCC1. The summed E-state index contributed by atoms with van der Waals surface area (Å²) in [6.45, 7) is 1.90. The molecule has 13 heavy (non-hydrogen) atoms. The highest BCUT2D eigenvalue weighted by Gasteiger charge is 2.32. The van der Waals surface area contributed by atoms with Gasteiger partial charge in [0.15, 0.2) is 5.41 Å². The van der Waals surface area contributed by atoms with Gasteiger partial charge in [0.05, 0.1) is 12.1 Å². The van der Waals surface area contributed by atoms with E-state index in [1.807, 2.05) is 6.92 Å². The fourth-order valence-corrected chi connectivity index (χ4v) is 1.78.